The zero-order valence-electron chi connectivity index (χ0n) is 8.79. The van der Waals surface area contributed by atoms with Crippen LogP contribution in [0.15, 0.2) is 22.7 Å². The molecule has 1 unspecified atom stereocenters. The number of aryl methyl sites for hydroxylation is 1. The van der Waals surface area contributed by atoms with Crippen LogP contribution in [-0.2, 0) is 0 Å². The van der Waals surface area contributed by atoms with Gasteiger partial charge in [0, 0.05) is 23.8 Å². The highest BCUT2D eigenvalue weighted by molar-refractivity contribution is 9.10. The molecular weight excluding hydrogens is 242 g/mol. The number of rotatable bonds is 3. The van der Waals surface area contributed by atoms with Gasteiger partial charge in [-0.1, -0.05) is 22.0 Å². The van der Waals surface area contributed by atoms with Crippen LogP contribution in [0.4, 0.5) is 5.69 Å². The van der Waals surface area contributed by atoms with Gasteiger partial charge >= 0.3 is 0 Å². The molecule has 0 aliphatic rings. The standard InChI is InChI=1S/C11H16BrNO/c1-8-4-5-10(6-11(8)12)13(3)7-9(2)14/h4-6,9,14H,7H2,1-3H3. The molecule has 0 aliphatic heterocycles. The number of hydrogen-bond acceptors (Lipinski definition) is 2. The fourth-order valence-corrected chi connectivity index (χ4v) is 1.69. The monoisotopic (exact) mass is 257 g/mol. The molecule has 2 nitrogen and oxygen atoms in total. The molecular formula is C11H16BrNO. The Kier molecular flexibility index (Phi) is 3.96. The van der Waals surface area contributed by atoms with Gasteiger partial charge in [0.1, 0.15) is 0 Å². The second-order valence-electron chi connectivity index (χ2n) is 3.66. The number of halogens is 1. The molecule has 0 fully saturated rings. The lowest BCUT2D eigenvalue weighted by atomic mass is 10.2. The van der Waals surface area contributed by atoms with Crippen LogP contribution in [0.25, 0.3) is 0 Å². The maximum absolute atomic E-state index is 9.25. The van der Waals surface area contributed by atoms with Crippen LogP contribution in [0.3, 0.4) is 0 Å². The van der Waals surface area contributed by atoms with E-state index in [9.17, 15) is 5.11 Å². The minimum absolute atomic E-state index is 0.305. The molecule has 1 atom stereocenters. The largest absolute Gasteiger partial charge is 0.392 e. The highest BCUT2D eigenvalue weighted by Gasteiger charge is 2.05. The van der Waals surface area contributed by atoms with Crippen LogP contribution in [0.5, 0.6) is 0 Å². The molecule has 1 rings (SSSR count). The molecule has 0 saturated heterocycles. The fraction of sp³-hybridized carbons (Fsp3) is 0.455. The van der Waals surface area contributed by atoms with Gasteiger partial charge in [-0.05, 0) is 31.5 Å². The van der Waals surface area contributed by atoms with Crippen molar-refractivity contribution < 1.29 is 5.11 Å². The molecule has 0 saturated carbocycles. The Bertz CT molecular complexity index is 312. The Morgan fingerprint density at radius 3 is 2.64 bits per heavy atom. The summed E-state index contributed by atoms with van der Waals surface area (Å²) in [7, 11) is 1.98. The molecule has 0 radical (unpaired) electrons. The summed E-state index contributed by atoms with van der Waals surface area (Å²) >= 11 is 3.49. The first-order valence-corrected chi connectivity index (χ1v) is 5.45. The number of likely N-dealkylation sites (N-methyl/N-ethyl adjacent to an activating group) is 1. The average molecular weight is 258 g/mol. The van der Waals surface area contributed by atoms with Crippen molar-refractivity contribution in [1.29, 1.82) is 0 Å². The first kappa shape index (κ1) is 11.5. The van der Waals surface area contributed by atoms with Gasteiger partial charge in [-0.3, -0.25) is 0 Å². The molecule has 3 heteroatoms. The predicted molar refractivity (Wildman–Crippen MR) is 63.8 cm³/mol. The van der Waals surface area contributed by atoms with Crippen LogP contribution >= 0.6 is 15.9 Å². The molecule has 0 heterocycles. The number of aliphatic hydroxyl groups is 1. The first-order chi connectivity index (χ1) is 6.50. The van der Waals surface area contributed by atoms with Gasteiger partial charge in [0.25, 0.3) is 0 Å². The van der Waals surface area contributed by atoms with E-state index < -0.39 is 0 Å². The van der Waals surface area contributed by atoms with Crippen LogP contribution in [0.2, 0.25) is 0 Å². The third kappa shape index (κ3) is 3.00. The van der Waals surface area contributed by atoms with Crippen molar-refractivity contribution in [3.63, 3.8) is 0 Å². The maximum Gasteiger partial charge on any atom is 0.0686 e. The molecule has 1 aromatic carbocycles. The lowest BCUT2D eigenvalue weighted by Gasteiger charge is -2.21. The number of anilines is 1. The molecule has 14 heavy (non-hydrogen) atoms. The number of benzene rings is 1. The van der Waals surface area contributed by atoms with Crippen molar-refractivity contribution >= 4 is 21.6 Å². The molecule has 78 valence electrons. The maximum atomic E-state index is 9.25. The quantitative estimate of drug-likeness (QED) is 0.900. The predicted octanol–water partition coefficient (Wildman–Crippen LogP) is 2.57. The van der Waals surface area contributed by atoms with Gasteiger partial charge < -0.3 is 10.0 Å². The van der Waals surface area contributed by atoms with Crippen molar-refractivity contribution in [2.24, 2.45) is 0 Å². The van der Waals surface area contributed by atoms with Crippen molar-refractivity contribution in [3.05, 3.63) is 28.2 Å². The summed E-state index contributed by atoms with van der Waals surface area (Å²) in [5.74, 6) is 0. The Balaban J connectivity index is 2.80. The molecule has 0 spiro atoms. The van der Waals surface area contributed by atoms with Gasteiger partial charge in [-0.25, -0.2) is 0 Å². The third-order valence-electron chi connectivity index (χ3n) is 2.13. The summed E-state index contributed by atoms with van der Waals surface area (Å²) < 4.78 is 1.10. The van der Waals surface area contributed by atoms with E-state index in [2.05, 4.69) is 41.1 Å². The van der Waals surface area contributed by atoms with Gasteiger partial charge in [-0.2, -0.15) is 0 Å². The van der Waals surface area contributed by atoms with E-state index in [0.717, 1.165) is 10.2 Å². The van der Waals surface area contributed by atoms with Crippen molar-refractivity contribution in [2.75, 3.05) is 18.5 Å². The smallest absolute Gasteiger partial charge is 0.0686 e. The number of hydrogen-bond donors (Lipinski definition) is 1. The van der Waals surface area contributed by atoms with E-state index in [1.165, 1.54) is 5.56 Å². The summed E-state index contributed by atoms with van der Waals surface area (Å²) in [5.41, 5.74) is 2.34. The van der Waals surface area contributed by atoms with E-state index in [4.69, 9.17) is 0 Å². The average Bonchev–Trinajstić information content (AvgIpc) is 2.08. The van der Waals surface area contributed by atoms with Crippen molar-refractivity contribution in [2.45, 2.75) is 20.0 Å². The Morgan fingerprint density at radius 1 is 1.50 bits per heavy atom. The van der Waals surface area contributed by atoms with Gasteiger partial charge in [0.15, 0.2) is 0 Å². The number of nitrogens with zero attached hydrogens (tertiary/aromatic N) is 1. The summed E-state index contributed by atoms with van der Waals surface area (Å²) in [4.78, 5) is 2.04. The third-order valence-corrected chi connectivity index (χ3v) is 2.99. The second-order valence-corrected chi connectivity index (χ2v) is 4.52. The van der Waals surface area contributed by atoms with Crippen LogP contribution < -0.4 is 4.90 Å². The summed E-state index contributed by atoms with van der Waals surface area (Å²) in [6.07, 6.45) is -0.305. The van der Waals surface area contributed by atoms with Gasteiger partial charge in [0.05, 0.1) is 6.10 Å². The zero-order valence-corrected chi connectivity index (χ0v) is 10.4. The highest BCUT2D eigenvalue weighted by atomic mass is 79.9. The normalized spacial score (nSPS) is 12.6. The van der Waals surface area contributed by atoms with E-state index in [-0.39, 0.29) is 6.10 Å². The lowest BCUT2D eigenvalue weighted by Crippen LogP contribution is -2.26. The van der Waals surface area contributed by atoms with E-state index in [0.29, 0.717) is 6.54 Å². The molecule has 1 N–H and O–H groups in total. The molecule has 0 aromatic heterocycles. The minimum Gasteiger partial charge on any atom is -0.392 e. The van der Waals surface area contributed by atoms with Crippen molar-refractivity contribution in [1.82, 2.24) is 0 Å². The Morgan fingerprint density at radius 2 is 2.14 bits per heavy atom. The van der Waals surface area contributed by atoms with Crippen LogP contribution in [0, 0.1) is 6.92 Å². The molecule has 1 aromatic rings. The minimum atomic E-state index is -0.305. The van der Waals surface area contributed by atoms with Gasteiger partial charge in [0.2, 0.25) is 0 Å². The zero-order chi connectivity index (χ0) is 10.7. The fourth-order valence-electron chi connectivity index (χ4n) is 1.32. The van der Waals surface area contributed by atoms with Crippen LogP contribution in [-0.4, -0.2) is 24.8 Å². The topological polar surface area (TPSA) is 23.5 Å². The highest BCUT2D eigenvalue weighted by Crippen LogP contribution is 2.22. The summed E-state index contributed by atoms with van der Waals surface area (Å²) in [6, 6.07) is 6.19. The first-order valence-electron chi connectivity index (χ1n) is 4.66. The summed E-state index contributed by atoms with van der Waals surface area (Å²) in [5, 5.41) is 9.25. The van der Waals surface area contributed by atoms with Gasteiger partial charge in [-0.15, -0.1) is 0 Å². The number of aliphatic hydroxyl groups excluding tert-OH is 1. The lowest BCUT2D eigenvalue weighted by molar-refractivity contribution is 0.201. The van der Waals surface area contributed by atoms with E-state index in [1.54, 1.807) is 6.92 Å². The molecule has 0 amide bonds. The summed E-state index contributed by atoms with van der Waals surface area (Å²) in [6.45, 7) is 4.50. The molecule has 0 aliphatic carbocycles. The Labute approximate surface area is 93.7 Å². The SMILES string of the molecule is Cc1ccc(N(C)CC(C)O)cc1Br. The Hall–Kier alpha value is -0.540. The van der Waals surface area contributed by atoms with E-state index >= 15 is 0 Å². The van der Waals surface area contributed by atoms with E-state index in [1.807, 2.05) is 11.9 Å². The van der Waals surface area contributed by atoms with Crippen LogP contribution in [0.1, 0.15) is 12.5 Å². The molecule has 0 bridgehead atoms. The second kappa shape index (κ2) is 4.80. The van der Waals surface area contributed by atoms with Crippen molar-refractivity contribution in [3.8, 4) is 0 Å².